The molecule has 124 valence electrons. The van der Waals surface area contributed by atoms with Gasteiger partial charge in [0.15, 0.2) is 0 Å². The molecular formula is C15H21N5O2S. The second kappa shape index (κ2) is 5.30. The van der Waals surface area contributed by atoms with Crippen LogP contribution >= 0.6 is 11.3 Å². The smallest absolute Gasteiger partial charge is 0.250 e. The molecule has 1 atom stereocenters. The molecular weight excluding hydrogens is 314 g/mol. The lowest BCUT2D eigenvalue weighted by atomic mass is 10.1. The second-order valence-corrected chi connectivity index (χ2v) is 8.12. The third-order valence-corrected chi connectivity index (χ3v) is 5.24. The van der Waals surface area contributed by atoms with Crippen LogP contribution in [0.3, 0.4) is 0 Å². The van der Waals surface area contributed by atoms with E-state index in [9.17, 15) is 9.59 Å². The highest BCUT2D eigenvalue weighted by atomic mass is 32.1. The van der Waals surface area contributed by atoms with E-state index in [0.29, 0.717) is 12.5 Å². The van der Waals surface area contributed by atoms with Gasteiger partial charge >= 0.3 is 0 Å². The van der Waals surface area contributed by atoms with E-state index in [-0.39, 0.29) is 29.7 Å². The molecule has 1 fully saturated rings. The minimum Gasteiger partial charge on any atom is -0.337 e. The van der Waals surface area contributed by atoms with Crippen molar-refractivity contribution in [1.29, 1.82) is 0 Å². The maximum Gasteiger partial charge on any atom is 0.250 e. The zero-order chi connectivity index (χ0) is 16.9. The summed E-state index contributed by atoms with van der Waals surface area (Å²) in [4.78, 5) is 32.5. The van der Waals surface area contributed by atoms with Crippen molar-refractivity contribution in [2.75, 3.05) is 11.9 Å². The molecule has 1 unspecified atom stereocenters. The van der Waals surface area contributed by atoms with Gasteiger partial charge in [-0.3, -0.25) is 14.9 Å². The van der Waals surface area contributed by atoms with Crippen molar-refractivity contribution in [3.8, 4) is 0 Å². The summed E-state index contributed by atoms with van der Waals surface area (Å²) in [5, 5.41) is 7.06. The van der Waals surface area contributed by atoms with Crippen LogP contribution in [0.15, 0.2) is 0 Å². The van der Waals surface area contributed by atoms with Gasteiger partial charge in [0.2, 0.25) is 22.7 Å². The maximum absolute atomic E-state index is 12.4. The molecule has 3 rings (SSSR count). The van der Waals surface area contributed by atoms with E-state index in [1.54, 1.807) is 9.42 Å². The molecule has 23 heavy (non-hydrogen) atoms. The molecule has 0 aromatic carbocycles. The monoisotopic (exact) mass is 335 g/mol. The number of hydrogen-bond donors (Lipinski definition) is 1. The van der Waals surface area contributed by atoms with Gasteiger partial charge in [0, 0.05) is 23.4 Å². The molecule has 8 heteroatoms. The Kier molecular flexibility index (Phi) is 3.66. The van der Waals surface area contributed by atoms with Gasteiger partial charge < -0.3 is 4.90 Å². The molecule has 0 saturated carbocycles. The summed E-state index contributed by atoms with van der Waals surface area (Å²) in [5.41, 5.74) is 0.753. The van der Waals surface area contributed by atoms with Gasteiger partial charge in [-0.1, -0.05) is 11.3 Å². The van der Waals surface area contributed by atoms with E-state index >= 15 is 0 Å². The Bertz CT molecular complexity index is 786. The quantitative estimate of drug-likeness (QED) is 0.910. The van der Waals surface area contributed by atoms with Crippen LogP contribution < -0.4 is 5.32 Å². The Morgan fingerprint density at radius 3 is 2.61 bits per heavy atom. The molecule has 2 aromatic heterocycles. The fraction of sp³-hybridized carbons (Fsp3) is 0.600. The summed E-state index contributed by atoms with van der Waals surface area (Å²) < 4.78 is 1.73. The van der Waals surface area contributed by atoms with E-state index in [1.807, 2.05) is 34.6 Å². The molecule has 0 bridgehead atoms. The van der Waals surface area contributed by atoms with Crippen molar-refractivity contribution in [3.63, 3.8) is 0 Å². The lowest BCUT2D eigenvalue weighted by Crippen LogP contribution is -2.42. The molecule has 1 saturated heterocycles. The number of thiazole rings is 1. The summed E-state index contributed by atoms with van der Waals surface area (Å²) in [6.07, 6.45) is 0.240. The molecule has 0 aliphatic carbocycles. The zero-order valence-corrected chi connectivity index (χ0v) is 14.8. The molecule has 3 heterocycles. The van der Waals surface area contributed by atoms with Crippen LogP contribution in [0.2, 0.25) is 0 Å². The van der Waals surface area contributed by atoms with E-state index in [4.69, 9.17) is 0 Å². The number of fused-ring (bicyclic) bond motifs is 1. The molecule has 2 aromatic rings. The van der Waals surface area contributed by atoms with Gasteiger partial charge in [-0.25, -0.2) is 4.52 Å². The molecule has 0 radical (unpaired) electrons. The summed E-state index contributed by atoms with van der Waals surface area (Å²) in [6, 6.07) is 0. The van der Waals surface area contributed by atoms with Gasteiger partial charge in [0.1, 0.15) is 0 Å². The first-order valence-corrected chi connectivity index (χ1v) is 8.42. The number of aryl methyl sites for hydroxylation is 2. The SMILES string of the molecule is Cc1sc2nc(NC(=O)C3CC(=O)N(C(C)(C)C)C3)nn2c1C. The van der Waals surface area contributed by atoms with Gasteiger partial charge in [-0.15, -0.1) is 5.10 Å². The topological polar surface area (TPSA) is 79.6 Å². The van der Waals surface area contributed by atoms with Crippen molar-refractivity contribution in [2.45, 2.75) is 46.6 Å². The van der Waals surface area contributed by atoms with Gasteiger partial charge in [-0.05, 0) is 34.6 Å². The lowest BCUT2D eigenvalue weighted by Gasteiger charge is -2.31. The number of amides is 2. The first kappa shape index (κ1) is 15.9. The third-order valence-electron chi connectivity index (χ3n) is 4.19. The Morgan fingerprint density at radius 1 is 1.35 bits per heavy atom. The highest BCUT2D eigenvalue weighted by Crippen LogP contribution is 2.27. The van der Waals surface area contributed by atoms with Crippen LogP contribution in [0.5, 0.6) is 0 Å². The number of anilines is 1. The van der Waals surface area contributed by atoms with Crippen molar-refractivity contribution in [2.24, 2.45) is 5.92 Å². The van der Waals surface area contributed by atoms with E-state index < -0.39 is 0 Å². The Morgan fingerprint density at radius 2 is 2.04 bits per heavy atom. The second-order valence-electron chi connectivity index (χ2n) is 6.94. The Hall–Kier alpha value is -1.96. The summed E-state index contributed by atoms with van der Waals surface area (Å²) in [6.45, 7) is 10.3. The normalized spacial score (nSPS) is 18.9. The predicted octanol–water partition coefficient (Wildman–Crippen LogP) is 1.99. The highest BCUT2D eigenvalue weighted by Gasteiger charge is 2.39. The fourth-order valence-corrected chi connectivity index (χ4v) is 3.64. The largest absolute Gasteiger partial charge is 0.337 e. The third kappa shape index (κ3) is 2.83. The number of likely N-dealkylation sites (tertiary alicyclic amines) is 1. The zero-order valence-electron chi connectivity index (χ0n) is 14.0. The minimum atomic E-state index is -0.355. The summed E-state index contributed by atoms with van der Waals surface area (Å²) >= 11 is 1.54. The van der Waals surface area contributed by atoms with Gasteiger partial charge in [0.05, 0.1) is 11.6 Å². The molecule has 1 N–H and O–H groups in total. The highest BCUT2D eigenvalue weighted by molar-refractivity contribution is 7.17. The van der Waals surface area contributed by atoms with Crippen LogP contribution in [0.1, 0.15) is 37.8 Å². The van der Waals surface area contributed by atoms with Crippen molar-refractivity contribution >= 4 is 34.1 Å². The van der Waals surface area contributed by atoms with E-state index in [2.05, 4.69) is 15.4 Å². The average molecular weight is 335 g/mol. The summed E-state index contributed by atoms with van der Waals surface area (Å²) in [5.74, 6) is -0.238. The number of rotatable bonds is 2. The standard InChI is InChI=1S/C15H21N5O2S/c1-8-9(2)23-14-17-13(18-20(8)14)16-12(22)10-6-11(21)19(7-10)15(3,4)5/h10H,6-7H2,1-5H3,(H,16,18,22). The number of hydrogen-bond acceptors (Lipinski definition) is 5. The van der Waals surface area contributed by atoms with Crippen molar-refractivity contribution in [1.82, 2.24) is 19.5 Å². The molecule has 2 amide bonds. The van der Waals surface area contributed by atoms with Crippen LogP contribution in [0, 0.1) is 19.8 Å². The molecule has 0 spiro atoms. The van der Waals surface area contributed by atoms with Crippen LogP contribution in [-0.4, -0.2) is 43.4 Å². The predicted molar refractivity (Wildman–Crippen MR) is 88.5 cm³/mol. The first-order valence-electron chi connectivity index (χ1n) is 7.61. The number of nitrogens with zero attached hydrogens (tertiary/aromatic N) is 4. The number of nitrogens with one attached hydrogen (secondary N) is 1. The van der Waals surface area contributed by atoms with E-state index in [1.165, 1.54) is 11.3 Å². The lowest BCUT2D eigenvalue weighted by molar-refractivity contribution is -0.131. The number of aromatic nitrogens is 3. The van der Waals surface area contributed by atoms with E-state index in [0.717, 1.165) is 15.5 Å². The minimum absolute atomic E-state index is 0.0166. The average Bonchev–Trinajstić information content (AvgIpc) is 3.06. The number of carbonyl (C=O) groups is 2. The van der Waals surface area contributed by atoms with Crippen molar-refractivity contribution < 1.29 is 9.59 Å². The number of carbonyl (C=O) groups excluding carboxylic acids is 2. The maximum atomic E-state index is 12.4. The first-order chi connectivity index (χ1) is 10.7. The van der Waals surface area contributed by atoms with Crippen LogP contribution in [0.4, 0.5) is 5.95 Å². The molecule has 7 nitrogen and oxygen atoms in total. The summed E-state index contributed by atoms with van der Waals surface area (Å²) in [7, 11) is 0. The van der Waals surface area contributed by atoms with Crippen LogP contribution in [-0.2, 0) is 9.59 Å². The molecule has 1 aliphatic heterocycles. The van der Waals surface area contributed by atoms with Gasteiger partial charge in [0.25, 0.3) is 0 Å². The van der Waals surface area contributed by atoms with Gasteiger partial charge in [-0.2, -0.15) is 4.98 Å². The Labute approximate surface area is 138 Å². The molecule has 1 aliphatic rings. The van der Waals surface area contributed by atoms with Crippen molar-refractivity contribution in [3.05, 3.63) is 10.6 Å². The van der Waals surface area contributed by atoms with Crippen LogP contribution in [0.25, 0.3) is 4.96 Å². The fourth-order valence-electron chi connectivity index (χ4n) is 2.74. The Balaban J connectivity index is 1.72.